The summed E-state index contributed by atoms with van der Waals surface area (Å²) in [6.45, 7) is -0.724. The van der Waals surface area contributed by atoms with Crippen molar-refractivity contribution in [1.82, 2.24) is 0 Å². The molecule has 0 radical (unpaired) electrons. The summed E-state index contributed by atoms with van der Waals surface area (Å²) < 4.78 is 45.2. The summed E-state index contributed by atoms with van der Waals surface area (Å²) >= 11 is 6.26. The Morgan fingerprint density at radius 1 is 0.917 bits per heavy atom. The predicted molar refractivity (Wildman–Crippen MR) is 172 cm³/mol. The smallest absolute Gasteiger partial charge is 0.466 e. The molecule has 262 valence electrons. The van der Waals surface area contributed by atoms with Crippen LogP contribution in [-0.4, -0.2) is 87.3 Å². The molecule has 2 aromatic carbocycles. The normalized spacial score (nSPS) is 19.2. The highest BCUT2D eigenvalue weighted by atomic mass is 79.9. The monoisotopic (exact) mass is 824 g/mol. The van der Waals surface area contributed by atoms with Gasteiger partial charge >= 0.3 is 25.5 Å². The molecule has 0 unspecified atom stereocenters. The number of aliphatic hydroxyl groups is 2. The maximum atomic E-state index is 14.3. The molecule has 17 nitrogen and oxygen atoms in total. The Labute approximate surface area is 290 Å². The van der Waals surface area contributed by atoms with Gasteiger partial charge in [-0.1, -0.05) is 56.1 Å². The lowest BCUT2D eigenvalue weighted by atomic mass is 9.92. The van der Waals surface area contributed by atoms with Crippen molar-refractivity contribution in [2.24, 2.45) is 0 Å². The van der Waals surface area contributed by atoms with Gasteiger partial charge in [-0.15, -0.1) is 0 Å². The van der Waals surface area contributed by atoms with Gasteiger partial charge in [-0.3, -0.25) is 29.3 Å². The summed E-state index contributed by atoms with van der Waals surface area (Å²) in [4.78, 5) is 46.4. The molecular weight excluding hydrogens is 795 g/mol. The first kappa shape index (κ1) is 39.3. The third kappa shape index (κ3) is 10.2. The van der Waals surface area contributed by atoms with E-state index in [4.69, 9.17) is 27.8 Å². The van der Waals surface area contributed by atoms with Crippen LogP contribution in [0.3, 0.4) is 0 Å². The number of nitro benzene ring substituents is 2. The van der Waals surface area contributed by atoms with Crippen LogP contribution in [0.5, 0.6) is 0 Å². The summed E-state index contributed by atoms with van der Waals surface area (Å²) in [5, 5.41) is 43.1. The zero-order chi connectivity index (χ0) is 35.6. The van der Waals surface area contributed by atoms with Crippen molar-refractivity contribution in [2.75, 3.05) is 27.4 Å². The van der Waals surface area contributed by atoms with E-state index < -0.39 is 57.4 Å². The number of ether oxygens (including phenoxy) is 3. The number of hydrogen-bond acceptors (Lipinski definition) is 15. The van der Waals surface area contributed by atoms with E-state index in [2.05, 4.69) is 31.9 Å². The van der Waals surface area contributed by atoms with Gasteiger partial charge in [0.1, 0.15) is 15.9 Å². The number of phosphoric ester groups is 1. The number of alkyl halides is 2. The van der Waals surface area contributed by atoms with Gasteiger partial charge in [0.15, 0.2) is 0 Å². The first-order valence-corrected chi connectivity index (χ1v) is 17.2. The molecular formula is C28H31Br2N2O15P. The number of phosphoric acid groups is 1. The summed E-state index contributed by atoms with van der Waals surface area (Å²) in [5.41, 5.74) is 0.706. The van der Waals surface area contributed by atoms with Gasteiger partial charge < -0.3 is 24.4 Å². The Bertz CT molecular complexity index is 1470. The number of rotatable bonds is 17. The highest BCUT2D eigenvalue weighted by Gasteiger charge is 2.57. The van der Waals surface area contributed by atoms with Crippen LogP contribution in [0.2, 0.25) is 0 Å². The topological polar surface area (TPSA) is 233 Å². The number of benzene rings is 2. The van der Waals surface area contributed by atoms with Crippen LogP contribution in [-0.2, 0) is 54.8 Å². The van der Waals surface area contributed by atoms with Crippen molar-refractivity contribution < 1.29 is 62.0 Å². The number of methoxy groups -OCH3 is 2. The molecule has 0 saturated heterocycles. The van der Waals surface area contributed by atoms with E-state index in [1.807, 2.05) is 0 Å². The summed E-state index contributed by atoms with van der Waals surface area (Å²) in [6.07, 6.45) is -4.11. The van der Waals surface area contributed by atoms with E-state index in [1.54, 1.807) is 0 Å². The quantitative estimate of drug-likeness (QED) is 0.0572. The molecule has 0 fully saturated rings. The molecule has 2 aromatic rings. The van der Waals surface area contributed by atoms with Gasteiger partial charge in [0, 0.05) is 36.3 Å². The lowest BCUT2D eigenvalue weighted by Crippen LogP contribution is -2.56. The van der Waals surface area contributed by atoms with Crippen molar-refractivity contribution in [1.29, 1.82) is 0 Å². The van der Waals surface area contributed by atoms with Crippen molar-refractivity contribution in [3.8, 4) is 0 Å². The van der Waals surface area contributed by atoms with Crippen LogP contribution in [0.15, 0.2) is 60.2 Å². The number of carbonyl (C=O) groups excluding carboxylic acids is 2. The molecule has 0 amide bonds. The molecule has 4 atom stereocenters. The maximum Gasteiger partial charge on any atom is 0.477 e. The third-order valence-corrected chi connectivity index (χ3v) is 9.58. The molecule has 0 spiro atoms. The standard InChI is InChI=1S/C28H31Br2N2O15P/c1-42-25(35)19-15-22(33)24(34)23(16-19)46-28(26(29)30,27(36)43-2)47-48(41,44-13-11-17-3-7-20(8-4-17)31(37)38)45-14-12-18-5-9-21(10-6-18)32(39)40/h3-10,15,22-24,26,33-34H,11-14,16H2,1-2H3/t22-,23-,24-,28-/m1/s1. The molecule has 0 bridgehead atoms. The molecule has 2 N–H and O–H groups in total. The third-order valence-electron chi connectivity index (χ3n) is 6.88. The van der Waals surface area contributed by atoms with Crippen molar-refractivity contribution in [3.05, 3.63) is 91.5 Å². The number of nitrogens with zero attached hydrogens (tertiary/aromatic N) is 2. The Kier molecular flexibility index (Phi) is 14.3. The predicted octanol–water partition coefficient (Wildman–Crippen LogP) is 4.04. The van der Waals surface area contributed by atoms with Gasteiger partial charge in [0.2, 0.25) is 0 Å². The fraction of sp³-hybridized carbons (Fsp3) is 0.429. The van der Waals surface area contributed by atoms with E-state index in [1.165, 1.54) is 48.5 Å². The number of non-ortho nitro benzene ring substituents is 2. The summed E-state index contributed by atoms with van der Waals surface area (Å²) in [5.74, 6) is -4.90. The molecule has 0 aromatic heterocycles. The molecule has 0 saturated carbocycles. The second kappa shape index (κ2) is 17.5. The largest absolute Gasteiger partial charge is 0.477 e. The van der Waals surface area contributed by atoms with Crippen molar-refractivity contribution >= 4 is 63.0 Å². The van der Waals surface area contributed by atoms with Gasteiger partial charge in [-0.25, -0.2) is 18.7 Å². The van der Waals surface area contributed by atoms with Gasteiger partial charge in [-0.05, 0) is 30.0 Å². The Morgan fingerprint density at radius 2 is 1.40 bits per heavy atom. The van der Waals surface area contributed by atoms with Crippen LogP contribution in [0.1, 0.15) is 17.5 Å². The van der Waals surface area contributed by atoms with E-state index in [0.717, 1.165) is 20.3 Å². The van der Waals surface area contributed by atoms with Gasteiger partial charge in [-0.2, -0.15) is 0 Å². The van der Waals surface area contributed by atoms with Crippen LogP contribution >= 0.6 is 39.7 Å². The molecule has 0 aliphatic heterocycles. The van der Waals surface area contributed by atoms with E-state index in [9.17, 15) is 44.6 Å². The van der Waals surface area contributed by atoms with Crippen LogP contribution in [0.4, 0.5) is 11.4 Å². The van der Waals surface area contributed by atoms with Gasteiger partial charge in [0.05, 0.1) is 43.4 Å². The van der Waals surface area contributed by atoms with E-state index in [-0.39, 0.29) is 49.4 Å². The number of esters is 2. The molecule has 0 heterocycles. The lowest BCUT2D eigenvalue weighted by Gasteiger charge is -2.40. The Hall–Kier alpha value is -3.13. The molecule has 20 heteroatoms. The maximum absolute atomic E-state index is 14.3. The SMILES string of the molecule is COC(=O)C1=C[C@@H](O)[C@@H](O)[C@H](O[C@](OP(=O)(OCCc2ccc([N+](=O)[O-])cc2)OCCc2ccc([N+](=O)[O-])cc2)(C(=O)OC)C(Br)Br)C1. The Balaban J connectivity index is 1.92. The summed E-state index contributed by atoms with van der Waals surface area (Å²) in [6, 6.07) is 10.9. The number of aliphatic hydroxyl groups excluding tert-OH is 2. The fourth-order valence-corrected chi connectivity index (χ4v) is 6.78. The zero-order valence-corrected chi connectivity index (χ0v) is 29.4. The van der Waals surface area contributed by atoms with E-state index >= 15 is 0 Å². The average Bonchev–Trinajstić information content (AvgIpc) is 3.05. The summed E-state index contributed by atoms with van der Waals surface area (Å²) in [7, 11) is -2.81. The first-order chi connectivity index (χ1) is 22.6. The molecule has 48 heavy (non-hydrogen) atoms. The van der Waals surface area contributed by atoms with Crippen molar-refractivity contribution in [2.45, 2.75) is 47.1 Å². The first-order valence-electron chi connectivity index (χ1n) is 13.9. The lowest BCUT2D eigenvalue weighted by molar-refractivity contribution is -0.385. The minimum absolute atomic E-state index is 0.0516. The molecule has 1 aliphatic rings. The zero-order valence-electron chi connectivity index (χ0n) is 25.3. The number of halogens is 2. The molecule has 1 aliphatic carbocycles. The number of nitro groups is 2. The average molecular weight is 826 g/mol. The highest BCUT2D eigenvalue weighted by Crippen LogP contribution is 2.56. The van der Waals surface area contributed by atoms with Crippen molar-refractivity contribution in [3.63, 3.8) is 0 Å². The molecule has 3 rings (SSSR count). The van der Waals surface area contributed by atoms with E-state index in [0.29, 0.717) is 11.1 Å². The fourth-order valence-electron chi connectivity index (χ4n) is 4.35. The Morgan fingerprint density at radius 3 is 1.79 bits per heavy atom. The van der Waals surface area contributed by atoms with Crippen LogP contribution in [0, 0.1) is 20.2 Å². The van der Waals surface area contributed by atoms with Crippen LogP contribution in [0.25, 0.3) is 0 Å². The second-order valence-electron chi connectivity index (χ2n) is 10.0. The second-order valence-corrected chi connectivity index (χ2v) is 14.7. The number of hydrogen-bond donors (Lipinski definition) is 2. The minimum atomic E-state index is -4.88. The minimum Gasteiger partial charge on any atom is -0.466 e. The van der Waals surface area contributed by atoms with Gasteiger partial charge in [0.25, 0.3) is 11.4 Å². The van der Waals surface area contributed by atoms with Crippen LogP contribution < -0.4 is 0 Å². The highest BCUT2D eigenvalue weighted by molar-refractivity contribution is 9.24. The number of carbonyl (C=O) groups is 2.